The van der Waals surface area contributed by atoms with Gasteiger partial charge in [-0.15, -0.1) is 22.7 Å². The zero-order valence-corrected chi connectivity index (χ0v) is 17.1. The molecule has 0 aliphatic carbocycles. The lowest BCUT2D eigenvalue weighted by atomic mass is 10.2. The van der Waals surface area contributed by atoms with Crippen molar-refractivity contribution in [1.82, 2.24) is 14.5 Å². The van der Waals surface area contributed by atoms with Crippen LogP contribution in [0.3, 0.4) is 0 Å². The van der Waals surface area contributed by atoms with E-state index in [2.05, 4.69) is 33.0 Å². The Labute approximate surface area is 158 Å². The van der Waals surface area contributed by atoms with Crippen molar-refractivity contribution in [3.05, 3.63) is 39.4 Å². The van der Waals surface area contributed by atoms with Gasteiger partial charge in [-0.3, -0.25) is 4.90 Å². The molecule has 1 fully saturated rings. The summed E-state index contributed by atoms with van der Waals surface area (Å²) in [4.78, 5) is 7.01. The molecule has 3 rings (SSSR count). The summed E-state index contributed by atoms with van der Waals surface area (Å²) in [7, 11) is -1.32. The topological polar surface area (TPSA) is 52.7 Å². The van der Waals surface area contributed by atoms with Crippen LogP contribution >= 0.6 is 22.7 Å². The fourth-order valence-corrected chi connectivity index (χ4v) is 6.22. The van der Waals surface area contributed by atoms with Gasteiger partial charge in [0.2, 0.25) is 10.0 Å². The Morgan fingerprint density at radius 1 is 1.20 bits per heavy atom. The molecule has 0 amide bonds. The van der Waals surface area contributed by atoms with E-state index in [0.29, 0.717) is 10.8 Å². The number of aryl methyl sites for hydroxylation is 1. The van der Waals surface area contributed by atoms with Gasteiger partial charge >= 0.3 is 0 Å². The minimum absolute atomic E-state index is 0.0917. The molecule has 2 aromatic rings. The van der Waals surface area contributed by atoms with Crippen LogP contribution in [0, 0.1) is 0 Å². The first-order chi connectivity index (χ1) is 12.0. The van der Waals surface area contributed by atoms with Crippen molar-refractivity contribution in [3.63, 3.8) is 0 Å². The van der Waals surface area contributed by atoms with Gasteiger partial charge in [0.15, 0.2) is 0 Å². The molecule has 0 aromatic carbocycles. The van der Waals surface area contributed by atoms with E-state index >= 15 is 0 Å². The molecule has 2 aromatic heterocycles. The lowest BCUT2D eigenvalue weighted by Crippen LogP contribution is -2.48. The summed E-state index contributed by atoms with van der Waals surface area (Å²) in [5, 5.41) is 2.06. The Hall–Kier alpha value is -0.770. The van der Waals surface area contributed by atoms with E-state index in [1.807, 2.05) is 19.1 Å². The van der Waals surface area contributed by atoms with Crippen molar-refractivity contribution in [2.45, 2.75) is 23.6 Å². The number of sulfonamides is 1. The first kappa shape index (κ1) is 19.0. The zero-order valence-electron chi connectivity index (χ0n) is 14.6. The molecule has 25 heavy (non-hydrogen) atoms. The van der Waals surface area contributed by atoms with Crippen LogP contribution in [0.25, 0.3) is 0 Å². The highest BCUT2D eigenvalue weighted by molar-refractivity contribution is 7.91. The molecular weight excluding hydrogens is 374 g/mol. The van der Waals surface area contributed by atoms with Crippen molar-refractivity contribution in [2.75, 3.05) is 39.8 Å². The Kier molecular flexibility index (Phi) is 6.30. The molecule has 0 spiro atoms. The SMILES string of the molecule is CCc1ccc(S(=O)(=O)NCC(c2cccs2)N2CCN(C)CC2)s1. The summed E-state index contributed by atoms with van der Waals surface area (Å²) < 4.78 is 28.5. The molecule has 0 bridgehead atoms. The molecule has 5 nitrogen and oxygen atoms in total. The largest absolute Gasteiger partial charge is 0.304 e. The molecule has 8 heteroatoms. The van der Waals surface area contributed by atoms with E-state index in [9.17, 15) is 8.42 Å². The van der Waals surface area contributed by atoms with Gasteiger partial charge in [-0.1, -0.05) is 13.0 Å². The number of hydrogen-bond acceptors (Lipinski definition) is 6. The van der Waals surface area contributed by atoms with Crippen molar-refractivity contribution in [1.29, 1.82) is 0 Å². The van der Waals surface area contributed by atoms with Crippen molar-refractivity contribution >= 4 is 32.7 Å². The van der Waals surface area contributed by atoms with E-state index in [4.69, 9.17) is 0 Å². The smallest absolute Gasteiger partial charge is 0.250 e. The predicted octanol–water partition coefficient (Wildman–Crippen LogP) is 2.64. The predicted molar refractivity (Wildman–Crippen MR) is 105 cm³/mol. The van der Waals surface area contributed by atoms with E-state index in [1.54, 1.807) is 17.4 Å². The number of hydrogen-bond donors (Lipinski definition) is 1. The average Bonchev–Trinajstić information content (AvgIpc) is 3.28. The molecule has 1 atom stereocenters. The van der Waals surface area contributed by atoms with Gasteiger partial charge in [0, 0.05) is 42.5 Å². The number of piperazine rings is 1. The maximum absolute atomic E-state index is 12.6. The van der Waals surface area contributed by atoms with Crippen molar-refractivity contribution in [2.24, 2.45) is 0 Å². The van der Waals surface area contributed by atoms with E-state index in [0.717, 1.165) is 37.5 Å². The van der Waals surface area contributed by atoms with Crippen LogP contribution in [0.5, 0.6) is 0 Å². The summed E-state index contributed by atoms with van der Waals surface area (Å²) in [6.07, 6.45) is 0.860. The van der Waals surface area contributed by atoms with Crippen molar-refractivity contribution in [3.8, 4) is 0 Å². The standard InChI is InChI=1S/C17H25N3O2S3/c1-3-14-6-7-17(24-14)25(21,22)18-13-15(16-5-4-12-23-16)20-10-8-19(2)9-11-20/h4-7,12,15,18H,3,8-11,13H2,1-2H3. The fraction of sp³-hybridized carbons (Fsp3) is 0.529. The third kappa shape index (κ3) is 4.69. The summed E-state index contributed by atoms with van der Waals surface area (Å²) in [6, 6.07) is 7.83. The second-order valence-electron chi connectivity index (χ2n) is 6.30. The van der Waals surface area contributed by atoms with Gasteiger partial charge in [-0.05, 0) is 37.0 Å². The van der Waals surface area contributed by atoms with Crippen LogP contribution in [0.15, 0.2) is 33.9 Å². The van der Waals surface area contributed by atoms with Crippen molar-refractivity contribution < 1.29 is 8.42 Å². The summed E-state index contributed by atoms with van der Waals surface area (Å²) in [5.74, 6) is 0. The first-order valence-electron chi connectivity index (χ1n) is 8.54. The van der Waals surface area contributed by atoms with Crippen LogP contribution in [-0.2, 0) is 16.4 Å². The second-order valence-corrected chi connectivity index (χ2v) is 10.4. The normalized spacial score (nSPS) is 18.5. The molecule has 1 saturated heterocycles. The summed E-state index contributed by atoms with van der Waals surface area (Å²) >= 11 is 3.05. The molecule has 1 aliphatic heterocycles. The maximum atomic E-state index is 12.6. The molecule has 1 aliphatic rings. The van der Waals surface area contributed by atoms with Crippen LogP contribution < -0.4 is 4.72 Å². The molecule has 1 N–H and O–H groups in total. The summed E-state index contributed by atoms with van der Waals surface area (Å²) in [5.41, 5.74) is 0. The van der Waals surface area contributed by atoms with E-state index in [1.165, 1.54) is 16.2 Å². The minimum Gasteiger partial charge on any atom is -0.304 e. The second kappa shape index (κ2) is 8.28. The lowest BCUT2D eigenvalue weighted by Gasteiger charge is -2.37. The summed E-state index contributed by atoms with van der Waals surface area (Å²) in [6.45, 7) is 6.39. The number of nitrogens with zero attached hydrogens (tertiary/aromatic N) is 2. The number of thiophene rings is 2. The van der Waals surface area contributed by atoms with Gasteiger partial charge in [-0.2, -0.15) is 0 Å². The molecule has 1 unspecified atom stereocenters. The Bertz CT molecular complexity index is 763. The highest BCUT2D eigenvalue weighted by Gasteiger charge is 2.27. The molecule has 0 radical (unpaired) electrons. The number of nitrogens with one attached hydrogen (secondary N) is 1. The highest BCUT2D eigenvalue weighted by Crippen LogP contribution is 2.27. The highest BCUT2D eigenvalue weighted by atomic mass is 32.2. The van der Waals surface area contributed by atoms with Gasteiger partial charge in [-0.25, -0.2) is 13.1 Å². The third-order valence-electron chi connectivity index (χ3n) is 4.57. The fourth-order valence-electron chi connectivity index (χ4n) is 2.98. The van der Waals surface area contributed by atoms with Crippen LogP contribution in [0.4, 0.5) is 0 Å². The van der Waals surface area contributed by atoms with Crippen LogP contribution in [-0.4, -0.2) is 58.0 Å². The molecule has 0 saturated carbocycles. The quantitative estimate of drug-likeness (QED) is 0.778. The molecule has 138 valence electrons. The van der Waals surface area contributed by atoms with Gasteiger partial charge in [0.1, 0.15) is 4.21 Å². The maximum Gasteiger partial charge on any atom is 0.250 e. The van der Waals surface area contributed by atoms with Crippen LogP contribution in [0.1, 0.15) is 22.7 Å². The van der Waals surface area contributed by atoms with E-state index < -0.39 is 10.0 Å². The Morgan fingerprint density at radius 2 is 1.96 bits per heavy atom. The zero-order chi connectivity index (χ0) is 17.9. The average molecular weight is 400 g/mol. The van der Waals surface area contributed by atoms with E-state index in [-0.39, 0.29) is 6.04 Å². The van der Waals surface area contributed by atoms with Crippen LogP contribution in [0.2, 0.25) is 0 Å². The first-order valence-corrected chi connectivity index (χ1v) is 11.7. The molecule has 3 heterocycles. The minimum atomic E-state index is -3.45. The third-order valence-corrected chi connectivity index (χ3v) is 8.69. The Balaban J connectivity index is 1.72. The monoisotopic (exact) mass is 399 g/mol. The number of rotatable bonds is 7. The Morgan fingerprint density at radius 3 is 2.56 bits per heavy atom. The molecular formula is C17H25N3O2S3. The lowest BCUT2D eigenvalue weighted by molar-refractivity contribution is 0.114. The number of likely N-dealkylation sites (N-methyl/N-ethyl adjacent to an activating group) is 1. The van der Waals surface area contributed by atoms with Gasteiger partial charge in [0.05, 0.1) is 6.04 Å². The van der Waals surface area contributed by atoms with Gasteiger partial charge < -0.3 is 4.90 Å². The van der Waals surface area contributed by atoms with Gasteiger partial charge in [0.25, 0.3) is 0 Å².